The van der Waals surface area contributed by atoms with Gasteiger partial charge in [0.05, 0.1) is 6.20 Å². The number of carbonyl (C=O) groups is 2. The fraction of sp³-hybridized carbons (Fsp3) is 0.308. The van der Waals surface area contributed by atoms with Crippen molar-refractivity contribution in [2.24, 2.45) is 0 Å². The van der Waals surface area contributed by atoms with Gasteiger partial charge in [0.25, 0.3) is 5.91 Å². The molecule has 1 fully saturated rings. The van der Waals surface area contributed by atoms with Crippen LogP contribution in [0, 0.1) is 12.7 Å². The number of para-hydroxylation sites is 1. The Bertz CT molecular complexity index is 1120. The molecule has 7 nitrogen and oxygen atoms in total. The summed E-state index contributed by atoms with van der Waals surface area (Å²) < 4.78 is 13.3. The zero-order valence-electron chi connectivity index (χ0n) is 19.2. The van der Waals surface area contributed by atoms with Gasteiger partial charge in [0, 0.05) is 63.8 Å². The van der Waals surface area contributed by atoms with Crippen LogP contribution in [0.1, 0.15) is 28.0 Å². The number of rotatable bonds is 7. The second kappa shape index (κ2) is 10.9. The number of anilines is 1. The number of aryl methyl sites for hydroxylation is 1. The topological polar surface area (TPSA) is 69.6 Å². The lowest BCUT2D eigenvalue weighted by Crippen LogP contribution is -2.49. The number of amides is 2. The lowest BCUT2D eigenvalue weighted by atomic mass is 10.1. The Morgan fingerprint density at radius 3 is 2.41 bits per heavy atom. The maximum Gasteiger partial charge on any atom is 0.274 e. The third kappa shape index (κ3) is 5.75. The van der Waals surface area contributed by atoms with Crippen LogP contribution in [0.3, 0.4) is 0 Å². The Balaban J connectivity index is 1.37. The van der Waals surface area contributed by atoms with E-state index in [9.17, 15) is 14.0 Å². The van der Waals surface area contributed by atoms with Crippen molar-refractivity contribution in [3.8, 4) is 0 Å². The first-order chi connectivity index (χ1) is 16.5. The highest BCUT2D eigenvalue weighted by Gasteiger charge is 2.24. The lowest BCUT2D eigenvalue weighted by Gasteiger charge is -2.37. The molecule has 0 spiro atoms. The molecule has 0 radical (unpaired) electrons. The average molecular weight is 462 g/mol. The van der Waals surface area contributed by atoms with Crippen LogP contribution in [-0.2, 0) is 11.3 Å². The first kappa shape index (κ1) is 23.4. The van der Waals surface area contributed by atoms with E-state index in [2.05, 4.69) is 33.9 Å². The highest BCUT2D eigenvalue weighted by atomic mass is 19.1. The molecule has 0 bridgehead atoms. The molecule has 1 aliphatic heterocycles. The normalized spacial score (nSPS) is 13.6. The van der Waals surface area contributed by atoms with Gasteiger partial charge in [-0.15, -0.1) is 0 Å². The van der Waals surface area contributed by atoms with Crippen LogP contribution < -0.4 is 4.90 Å². The molecule has 1 saturated heterocycles. The maximum absolute atomic E-state index is 13.3. The smallest absolute Gasteiger partial charge is 0.274 e. The van der Waals surface area contributed by atoms with Gasteiger partial charge in [-0.25, -0.2) is 9.37 Å². The van der Waals surface area contributed by atoms with Crippen LogP contribution in [-0.4, -0.2) is 64.3 Å². The van der Waals surface area contributed by atoms with Crippen molar-refractivity contribution in [2.75, 3.05) is 37.6 Å². The van der Waals surface area contributed by atoms with Gasteiger partial charge in [-0.05, 0) is 36.2 Å². The maximum atomic E-state index is 13.3. The molecule has 0 unspecified atom stereocenters. The molecule has 2 heterocycles. The molecule has 0 N–H and O–H groups in total. The summed E-state index contributed by atoms with van der Waals surface area (Å²) in [6.07, 6.45) is 4.58. The molecule has 3 aromatic rings. The van der Waals surface area contributed by atoms with Crippen LogP contribution in [0.25, 0.3) is 0 Å². The molecule has 1 aliphatic rings. The largest absolute Gasteiger partial charge is 0.368 e. The van der Waals surface area contributed by atoms with Crippen molar-refractivity contribution in [2.45, 2.75) is 19.9 Å². The molecule has 8 heteroatoms. The molecule has 4 rings (SSSR count). The van der Waals surface area contributed by atoms with E-state index in [0.29, 0.717) is 13.1 Å². The minimum absolute atomic E-state index is 0.0143. The fourth-order valence-electron chi connectivity index (χ4n) is 4.14. The van der Waals surface area contributed by atoms with Gasteiger partial charge >= 0.3 is 0 Å². The number of benzene rings is 2. The predicted octanol–water partition coefficient (Wildman–Crippen LogP) is 3.31. The fourth-order valence-corrected chi connectivity index (χ4v) is 4.14. The number of carbonyl (C=O) groups excluding carboxylic acids is 2. The number of nitrogens with zero attached hydrogens (tertiary/aromatic N) is 5. The molecule has 1 aromatic heterocycles. The Labute approximate surface area is 198 Å². The highest BCUT2D eigenvalue weighted by Crippen LogP contribution is 2.21. The van der Waals surface area contributed by atoms with Crippen LogP contribution in [0.5, 0.6) is 0 Å². The quantitative estimate of drug-likeness (QED) is 0.540. The summed E-state index contributed by atoms with van der Waals surface area (Å²) in [6, 6.07) is 14.3. The Kier molecular flexibility index (Phi) is 7.47. The zero-order chi connectivity index (χ0) is 23.9. The average Bonchev–Trinajstić information content (AvgIpc) is 2.88. The Hall–Kier alpha value is -3.81. The highest BCUT2D eigenvalue weighted by molar-refractivity contribution is 5.92. The van der Waals surface area contributed by atoms with Crippen LogP contribution in [0.4, 0.5) is 10.1 Å². The van der Waals surface area contributed by atoms with E-state index in [1.54, 1.807) is 17.0 Å². The number of halogens is 1. The number of piperazine rings is 1. The number of hydrogen-bond donors (Lipinski definition) is 0. The Morgan fingerprint density at radius 2 is 1.74 bits per heavy atom. The van der Waals surface area contributed by atoms with E-state index < -0.39 is 0 Å². The summed E-state index contributed by atoms with van der Waals surface area (Å²) in [5.41, 5.74) is 3.41. The van der Waals surface area contributed by atoms with E-state index in [-0.39, 0.29) is 42.8 Å². The zero-order valence-corrected chi connectivity index (χ0v) is 19.2. The molecule has 0 saturated carbocycles. The minimum Gasteiger partial charge on any atom is -0.368 e. The van der Waals surface area contributed by atoms with Gasteiger partial charge in [0.2, 0.25) is 5.91 Å². The molecule has 0 atom stereocenters. The van der Waals surface area contributed by atoms with Gasteiger partial charge in [-0.3, -0.25) is 14.6 Å². The van der Waals surface area contributed by atoms with Gasteiger partial charge in [0.15, 0.2) is 0 Å². The predicted molar refractivity (Wildman–Crippen MR) is 128 cm³/mol. The van der Waals surface area contributed by atoms with Crippen molar-refractivity contribution >= 4 is 17.5 Å². The molecule has 176 valence electrons. The van der Waals surface area contributed by atoms with E-state index in [0.717, 1.165) is 18.7 Å². The number of aromatic nitrogens is 2. The second-order valence-corrected chi connectivity index (χ2v) is 8.35. The summed E-state index contributed by atoms with van der Waals surface area (Å²) >= 11 is 0. The van der Waals surface area contributed by atoms with Gasteiger partial charge in [-0.2, -0.15) is 0 Å². The summed E-state index contributed by atoms with van der Waals surface area (Å²) in [5, 5.41) is 0. The molecular weight excluding hydrogens is 433 g/mol. The first-order valence-corrected chi connectivity index (χ1v) is 11.4. The molecule has 2 amide bonds. The van der Waals surface area contributed by atoms with Gasteiger partial charge in [0.1, 0.15) is 11.5 Å². The monoisotopic (exact) mass is 461 g/mol. The van der Waals surface area contributed by atoms with E-state index in [1.165, 1.54) is 42.0 Å². The van der Waals surface area contributed by atoms with Crippen LogP contribution in [0.2, 0.25) is 0 Å². The summed E-state index contributed by atoms with van der Waals surface area (Å²) in [4.78, 5) is 39.8. The number of hydrogen-bond acceptors (Lipinski definition) is 5. The van der Waals surface area contributed by atoms with E-state index in [1.807, 2.05) is 17.0 Å². The van der Waals surface area contributed by atoms with Crippen molar-refractivity contribution in [3.05, 3.63) is 89.8 Å². The SMILES string of the molecule is Cc1ccccc1N1CCN(C(=O)CCN(Cc2ccc(F)cc2)C(=O)c2cnccn2)CC1. The molecular formula is C26H28FN5O2. The van der Waals surface area contributed by atoms with Crippen molar-refractivity contribution in [1.82, 2.24) is 19.8 Å². The molecule has 0 aliphatic carbocycles. The molecule has 34 heavy (non-hydrogen) atoms. The first-order valence-electron chi connectivity index (χ1n) is 11.4. The van der Waals surface area contributed by atoms with Crippen LogP contribution in [0.15, 0.2) is 67.1 Å². The molecule has 2 aromatic carbocycles. The summed E-state index contributed by atoms with van der Waals surface area (Å²) in [6.45, 7) is 5.42. The van der Waals surface area contributed by atoms with Gasteiger partial charge in [-0.1, -0.05) is 30.3 Å². The van der Waals surface area contributed by atoms with E-state index >= 15 is 0 Å². The van der Waals surface area contributed by atoms with Crippen molar-refractivity contribution in [3.63, 3.8) is 0 Å². The standard InChI is InChI=1S/C26H28FN5O2/c1-20-4-2-3-5-24(20)30-14-16-31(17-15-30)25(33)10-13-32(19-21-6-8-22(27)9-7-21)26(34)23-18-28-11-12-29-23/h2-9,11-12,18H,10,13-17,19H2,1H3. The van der Waals surface area contributed by atoms with Gasteiger partial charge < -0.3 is 14.7 Å². The van der Waals surface area contributed by atoms with Crippen molar-refractivity contribution < 1.29 is 14.0 Å². The minimum atomic E-state index is -0.337. The van der Waals surface area contributed by atoms with E-state index in [4.69, 9.17) is 0 Å². The second-order valence-electron chi connectivity index (χ2n) is 8.35. The lowest BCUT2D eigenvalue weighted by molar-refractivity contribution is -0.131. The summed E-state index contributed by atoms with van der Waals surface area (Å²) in [5.74, 6) is -0.634. The Morgan fingerprint density at radius 1 is 1.00 bits per heavy atom. The third-order valence-electron chi connectivity index (χ3n) is 6.04. The van der Waals surface area contributed by atoms with Crippen molar-refractivity contribution in [1.29, 1.82) is 0 Å². The third-order valence-corrected chi connectivity index (χ3v) is 6.04. The summed E-state index contributed by atoms with van der Waals surface area (Å²) in [7, 11) is 0. The van der Waals surface area contributed by atoms with Crippen LogP contribution >= 0.6 is 0 Å².